The van der Waals surface area contributed by atoms with Crippen LogP contribution in [-0.4, -0.2) is 18.6 Å². The molecule has 0 amide bonds. The van der Waals surface area contributed by atoms with Crippen LogP contribution in [0.3, 0.4) is 0 Å². The van der Waals surface area contributed by atoms with E-state index in [4.69, 9.17) is 4.74 Å². The summed E-state index contributed by atoms with van der Waals surface area (Å²) in [4.78, 5) is 0. The van der Waals surface area contributed by atoms with Crippen LogP contribution in [0.5, 0.6) is 5.75 Å². The standard InChI is InChI=1S/C15H21F2NO/c1-2-19-14-5-3-4-12(10-14)11-18-13-6-8-15(16,17)9-7-13/h3-5,10,13,18H,2,6-9,11H2,1H3. The Balaban J connectivity index is 1.81. The molecular weight excluding hydrogens is 248 g/mol. The predicted molar refractivity (Wildman–Crippen MR) is 71.7 cm³/mol. The Kier molecular flexibility index (Phi) is 4.75. The predicted octanol–water partition coefficient (Wildman–Crippen LogP) is 3.75. The van der Waals surface area contributed by atoms with Crippen LogP contribution in [0.15, 0.2) is 24.3 Å². The molecule has 0 atom stereocenters. The highest BCUT2D eigenvalue weighted by Crippen LogP contribution is 2.33. The highest BCUT2D eigenvalue weighted by atomic mass is 19.3. The van der Waals surface area contributed by atoms with Crippen molar-refractivity contribution in [1.82, 2.24) is 5.32 Å². The van der Waals surface area contributed by atoms with Gasteiger partial charge >= 0.3 is 0 Å². The van der Waals surface area contributed by atoms with Crippen LogP contribution in [0.4, 0.5) is 8.78 Å². The molecule has 1 aliphatic rings. The number of rotatable bonds is 5. The molecule has 2 rings (SSSR count). The second kappa shape index (κ2) is 6.33. The fraction of sp³-hybridized carbons (Fsp3) is 0.600. The van der Waals surface area contributed by atoms with E-state index in [-0.39, 0.29) is 18.9 Å². The van der Waals surface area contributed by atoms with Crippen LogP contribution in [0.2, 0.25) is 0 Å². The minimum Gasteiger partial charge on any atom is -0.494 e. The van der Waals surface area contributed by atoms with Crippen molar-refractivity contribution in [1.29, 1.82) is 0 Å². The second-order valence-electron chi connectivity index (χ2n) is 5.09. The van der Waals surface area contributed by atoms with E-state index >= 15 is 0 Å². The number of alkyl halides is 2. The number of nitrogens with one attached hydrogen (secondary N) is 1. The van der Waals surface area contributed by atoms with Gasteiger partial charge in [0, 0.05) is 25.4 Å². The van der Waals surface area contributed by atoms with Crippen molar-refractivity contribution in [2.24, 2.45) is 0 Å². The monoisotopic (exact) mass is 269 g/mol. The number of hydrogen-bond donors (Lipinski definition) is 1. The summed E-state index contributed by atoms with van der Waals surface area (Å²) in [6.07, 6.45) is 1.11. The highest BCUT2D eigenvalue weighted by molar-refractivity contribution is 5.28. The molecule has 1 aliphatic carbocycles. The molecule has 2 nitrogen and oxygen atoms in total. The summed E-state index contributed by atoms with van der Waals surface area (Å²) in [6.45, 7) is 3.30. The van der Waals surface area contributed by atoms with Crippen molar-refractivity contribution < 1.29 is 13.5 Å². The van der Waals surface area contributed by atoms with Gasteiger partial charge in [-0.15, -0.1) is 0 Å². The summed E-state index contributed by atoms with van der Waals surface area (Å²) in [7, 11) is 0. The molecule has 4 heteroatoms. The molecule has 0 bridgehead atoms. The van der Waals surface area contributed by atoms with E-state index in [9.17, 15) is 8.78 Å². The highest BCUT2D eigenvalue weighted by Gasteiger charge is 2.34. The van der Waals surface area contributed by atoms with Gasteiger partial charge in [0.05, 0.1) is 6.61 Å². The zero-order valence-corrected chi connectivity index (χ0v) is 11.3. The molecule has 1 fully saturated rings. The van der Waals surface area contributed by atoms with Crippen molar-refractivity contribution in [3.05, 3.63) is 29.8 Å². The SMILES string of the molecule is CCOc1cccc(CNC2CCC(F)(F)CC2)c1. The Bertz CT molecular complexity index is 399. The maximum Gasteiger partial charge on any atom is 0.248 e. The van der Waals surface area contributed by atoms with Gasteiger partial charge in [0.25, 0.3) is 0 Å². The summed E-state index contributed by atoms with van der Waals surface area (Å²) in [5.41, 5.74) is 1.13. The average molecular weight is 269 g/mol. The van der Waals surface area contributed by atoms with Gasteiger partial charge in [0.1, 0.15) is 5.75 Å². The number of hydrogen-bond acceptors (Lipinski definition) is 2. The average Bonchev–Trinajstić information content (AvgIpc) is 2.38. The van der Waals surface area contributed by atoms with Crippen molar-refractivity contribution in [3.8, 4) is 5.75 Å². The van der Waals surface area contributed by atoms with Gasteiger partial charge in [-0.1, -0.05) is 12.1 Å². The third kappa shape index (κ3) is 4.46. The smallest absolute Gasteiger partial charge is 0.248 e. The largest absolute Gasteiger partial charge is 0.494 e. The van der Waals surface area contributed by atoms with Crippen molar-refractivity contribution in [3.63, 3.8) is 0 Å². The zero-order valence-electron chi connectivity index (χ0n) is 11.3. The van der Waals surface area contributed by atoms with Crippen LogP contribution in [0.25, 0.3) is 0 Å². The van der Waals surface area contributed by atoms with Crippen molar-refractivity contribution in [2.75, 3.05) is 6.61 Å². The molecule has 0 aromatic heterocycles. The first-order valence-electron chi connectivity index (χ1n) is 6.92. The van der Waals surface area contributed by atoms with Gasteiger partial charge in [-0.25, -0.2) is 8.78 Å². The van der Waals surface area contributed by atoms with E-state index in [1.165, 1.54) is 0 Å². The van der Waals surface area contributed by atoms with Gasteiger partial charge in [-0.2, -0.15) is 0 Å². The Labute approximate surface area is 113 Å². The zero-order chi connectivity index (χ0) is 13.7. The molecule has 0 radical (unpaired) electrons. The Morgan fingerprint density at radius 3 is 2.74 bits per heavy atom. The molecule has 1 N–H and O–H groups in total. The normalized spacial score (nSPS) is 19.3. The van der Waals surface area contributed by atoms with E-state index < -0.39 is 5.92 Å². The van der Waals surface area contributed by atoms with Crippen LogP contribution >= 0.6 is 0 Å². The number of ether oxygens (including phenoxy) is 1. The topological polar surface area (TPSA) is 21.3 Å². The van der Waals surface area contributed by atoms with Crippen LogP contribution in [-0.2, 0) is 6.54 Å². The molecule has 19 heavy (non-hydrogen) atoms. The molecular formula is C15H21F2NO. The molecule has 0 saturated heterocycles. The summed E-state index contributed by atoms with van der Waals surface area (Å²) >= 11 is 0. The maximum atomic E-state index is 13.0. The van der Waals surface area contributed by atoms with Gasteiger partial charge < -0.3 is 10.1 Å². The number of halogens is 2. The van der Waals surface area contributed by atoms with E-state index in [2.05, 4.69) is 5.32 Å². The summed E-state index contributed by atoms with van der Waals surface area (Å²) in [5, 5.41) is 3.36. The van der Waals surface area contributed by atoms with E-state index in [1.807, 2.05) is 31.2 Å². The number of benzene rings is 1. The van der Waals surface area contributed by atoms with Gasteiger partial charge in [-0.05, 0) is 37.5 Å². The van der Waals surface area contributed by atoms with Crippen LogP contribution in [0.1, 0.15) is 38.2 Å². The lowest BCUT2D eigenvalue weighted by Crippen LogP contribution is -2.36. The fourth-order valence-corrected chi connectivity index (χ4v) is 2.42. The third-order valence-corrected chi connectivity index (χ3v) is 3.52. The third-order valence-electron chi connectivity index (χ3n) is 3.52. The summed E-state index contributed by atoms with van der Waals surface area (Å²) in [6, 6.07) is 8.10. The maximum absolute atomic E-state index is 13.0. The van der Waals surface area contributed by atoms with E-state index in [0.717, 1.165) is 11.3 Å². The molecule has 0 aliphatic heterocycles. The van der Waals surface area contributed by atoms with E-state index in [0.29, 0.717) is 26.0 Å². The first kappa shape index (κ1) is 14.3. The first-order chi connectivity index (χ1) is 9.09. The summed E-state index contributed by atoms with van der Waals surface area (Å²) in [5.74, 6) is -1.59. The fourth-order valence-electron chi connectivity index (χ4n) is 2.42. The quantitative estimate of drug-likeness (QED) is 0.879. The molecule has 1 aromatic carbocycles. The molecule has 1 aromatic rings. The minimum atomic E-state index is -2.45. The molecule has 0 heterocycles. The van der Waals surface area contributed by atoms with Crippen molar-refractivity contribution in [2.45, 2.75) is 51.1 Å². The Morgan fingerprint density at radius 1 is 1.32 bits per heavy atom. The Morgan fingerprint density at radius 2 is 2.05 bits per heavy atom. The molecule has 0 spiro atoms. The lowest BCUT2D eigenvalue weighted by molar-refractivity contribution is -0.0405. The van der Waals surface area contributed by atoms with Crippen LogP contribution < -0.4 is 10.1 Å². The van der Waals surface area contributed by atoms with Crippen LogP contribution in [0, 0.1) is 0 Å². The van der Waals surface area contributed by atoms with Gasteiger partial charge in [-0.3, -0.25) is 0 Å². The Hall–Kier alpha value is -1.16. The molecule has 1 saturated carbocycles. The van der Waals surface area contributed by atoms with Gasteiger partial charge in [0.2, 0.25) is 5.92 Å². The lowest BCUT2D eigenvalue weighted by atomic mass is 9.92. The first-order valence-corrected chi connectivity index (χ1v) is 6.92. The molecule has 0 unspecified atom stereocenters. The lowest BCUT2D eigenvalue weighted by Gasteiger charge is -2.29. The minimum absolute atomic E-state index is 0.00362. The summed E-state index contributed by atoms with van der Waals surface area (Å²) < 4.78 is 31.5. The van der Waals surface area contributed by atoms with Crippen molar-refractivity contribution >= 4 is 0 Å². The molecule has 106 valence electrons. The van der Waals surface area contributed by atoms with E-state index in [1.54, 1.807) is 0 Å². The van der Waals surface area contributed by atoms with Gasteiger partial charge in [0.15, 0.2) is 0 Å². The second-order valence-corrected chi connectivity index (χ2v) is 5.09.